The molecule has 10 heteroatoms. The minimum absolute atomic E-state index is 0.0123. The smallest absolute Gasteiger partial charge is 0.262 e. The Morgan fingerprint density at radius 3 is 2.87 bits per heavy atom. The van der Waals surface area contributed by atoms with Gasteiger partial charge in [0.15, 0.2) is 11.0 Å². The number of thioether (sulfide) groups is 1. The molecule has 5 rings (SSSR count). The lowest BCUT2D eigenvalue weighted by Crippen LogP contribution is -2.28. The third kappa shape index (κ3) is 4.21. The molecular weight excluding hydrogens is 436 g/mol. The number of ether oxygens (including phenoxy) is 1. The number of nitrogens with zero attached hydrogens (tertiary/aromatic N) is 6. The minimum Gasteiger partial charge on any atom is -0.376 e. The van der Waals surface area contributed by atoms with Crippen LogP contribution in [0.1, 0.15) is 18.7 Å². The molecule has 0 saturated carbocycles. The quantitative estimate of drug-likeness (QED) is 0.325. The van der Waals surface area contributed by atoms with Crippen molar-refractivity contribution in [2.45, 2.75) is 36.4 Å². The molecule has 0 bridgehead atoms. The van der Waals surface area contributed by atoms with Crippen molar-refractivity contribution >= 4 is 34.3 Å². The minimum atomic E-state index is -0.0951. The molecule has 0 spiro atoms. The average molecular weight is 455 g/mol. The Morgan fingerprint density at radius 1 is 1.19 bits per heavy atom. The predicted octanol–water partition coefficient (Wildman–Crippen LogP) is 3.50. The molecule has 0 aliphatic carbocycles. The molecule has 0 N–H and O–H groups in total. The fraction of sp³-hybridized carbons (Fsp3) is 0.286. The number of hydrogen-bond donors (Lipinski definition) is 0. The molecule has 2 aromatic heterocycles. The summed E-state index contributed by atoms with van der Waals surface area (Å²) in [4.78, 5) is 18.0. The maximum absolute atomic E-state index is 13.3. The van der Waals surface area contributed by atoms with Gasteiger partial charge in [0.2, 0.25) is 0 Å². The fourth-order valence-corrected chi connectivity index (χ4v) is 4.71. The van der Waals surface area contributed by atoms with Crippen molar-refractivity contribution in [1.82, 2.24) is 29.8 Å². The zero-order valence-corrected chi connectivity index (χ0v) is 18.1. The second-order valence-corrected chi connectivity index (χ2v) is 8.62. The summed E-state index contributed by atoms with van der Waals surface area (Å²) < 4.78 is 9.16. The van der Waals surface area contributed by atoms with E-state index in [1.165, 1.54) is 11.8 Å². The van der Waals surface area contributed by atoms with E-state index in [1.807, 2.05) is 30.3 Å². The van der Waals surface area contributed by atoms with Gasteiger partial charge in [-0.3, -0.25) is 9.36 Å². The van der Waals surface area contributed by atoms with Crippen LogP contribution in [0.5, 0.6) is 0 Å². The van der Waals surface area contributed by atoms with Crippen LogP contribution in [0.3, 0.4) is 0 Å². The number of benzene rings is 2. The molecular formula is C21H19ClN6O2S. The first-order chi connectivity index (χ1) is 15.2. The Labute approximate surface area is 187 Å². The Hall–Kier alpha value is -2.75. The number of fused-ring (bicyclic) bond motifs is 1. The summed E-state index contributed by atoms with van der Waals surface area (Å²) >= 11 is 7.56. The normalized spacial score (nSPS) is 16.2. The first kappa shape index (κ1) is 20.2. The highest BCUT2D eigenvalue weighted by molar-refractivity contribution is 7.98. The van der Waals surface area contributed by atoms with Crippen LogP contribution in [0, 0.1) is 0 Å². The molecule has 0 amide bonds. The van der Waals surface area contributed by atoms with E-state index in [0.29, 0.717) is 39.2 Å². The van der Waals surface area contributed by atoms with E-state index in [9.17, 15) is 4.79 Å². The van der Waals surface area contributed by atoms with Gasteiger partial charge < -0.3 is 4.74 Å². The molecule has 1 aliphatic heterocycles. The van der Waals surface area contributed by atoms with E-state index in [4.69, 9.17) is 21.3 Å². The molecule has 31 heavy (non-hydrogen) atoms. The van der Waals surface area contributed by atoms with E-state index < -0.39 is 0 Å². The van der Waals surface area contributed by atoms with Crippen LogP contribution in [0.25, 0.3) is 16.6 Å². The molecule has 1 atom stereocenters. The molecule has 8 nitrogen and oxygen atoms in total. The van der Waals surface area contributed by atoms with E-state index in [2.05, 4.69) is 15.5 Å². The molecule has 3 heterocycles. The van der Waals surface area contributed by atoms with Crippen LogP contribution in [0.4, 0.5) is 0 Å². The molecule has 0 unspecified atom stereocenters. The zero-order chi connectivity index (χ0) is 21.2. The van der Waals surface area contributed by atoms with Gasteiger partial charge in [-0.05, 0) is 53.6 Å². The Bertz CT molecular complexity index is 1270. The van der Waals surface area contributed by atoms with Gasteiger partial charge >= 0.3 is 0 Å². The third-order valence-electron chi connectivity index (χ3n) is 5.16. The predicted molar refractivity (Wildman–Crippen MR) is 119 cm³/mol. The van der Waals surface area contributed by atoms with Crippen LogP contribution in [-0.4, -0.2) is 42.5 Å². The molecule has 1 saturated heterocycles. The van der Waals surface area contributed by atoms with Crippen LogP contribution < -0.4 is 5.56 Å². The van der Waals surface area contributed by atoms with Gasteiger partial charge in [-0.25, -0.2) is 4.98 Å². The van der Waals surface area contributed by atoms with Gasteiger partial charge in [0, 0.05) is 11.6 Å². The van der Waals surface area contributed by atoms with Gasteiger partial charge in [0.25, 0.3) is 5.56 Å². The largest absolute Gasteiger partial charge is 0.376 e. The highest BCUT2D eigenvalue weighted by Gasteiger charge is 2.21. The number of hydrogen-bond acceptors (Lipinski definition) is 7. The van der Waals surface area contributed by atoms with Gasteiger partial charge in [0.1, 0.15) is 0 Å². The number of para-hydroxylation sites is 1. The number of halogens is 1. The first-order valence-corrected chi connectivity index (χ1v) is 11.3. The van der Waals surface area contributed by atoms with E-state index in [0.717, 1.165) is 25.1 Å². The second-order valence-electron chi connectivity index (χ2n) is 7.24. The summed E-state index contributed by atoms with van der Waals surface area (Å²) in [5.41, 5.74) is 1.35. The monoisotopic (exact) mass is 454 g/mol. The Balaban J connectivity index is 1.50. The van der Waals surface area contributed by atoms with E-state index >= 15 is 0 Å². The zero-order valence-electron chi connectivity index (χ0n) is 16.5. The maximum Gasteiger partial charge on any atom is 0.262 e. The van der Waals surface area contributed by atoms with Crippen LogP contribution >= 0.6 is 23.4 Å². The van der Waals surface area contributed by atoms with Crippen molar-refractivity contribution < 1.29 is 4.74 Å². The fourth-order valence-electron chi connectivity index (χ4n) is 3.63. The van der Waals surface area contributed by atoms with Gasteiger partial charge in [0.05, 0.1) is 35.0 Å². The Kier molecular flexibility index (Phi) is 5.71. The van der Waals surface area contributed by atoms with Crippen molar-refractivity contribution in [2.24, 2.45) is 0 Å². The Morgan fingerprint density at radius 2 is 2.06 bits per heavy atom. The molecule has 0 radical (unpaired) electrons. The lowest BCUT2D eigenvalue weighted by atomic mass is 10.2. The highest BCUT2D eigenvalue weighted by Crippen LogP contribution is 2.25. The molecule has 2 aromatic carbocycles. The van der Waals surface area contributed by atoms with Crippen molar-refractivity contribution in [2.75, 3.05) is 6.61 Å². The highest BCUT2D eigenvalue weighted by atomic mass is 35.5. The number of aromatic nitrogens is 6. The maximum atomic E-state index is 13.3. The van der Waals surface area contributed by atoms with E-state index in [1.54, 1.807) is 27.4 Å². The van der Waals surface area contributed by atoms with Crippen LogP contribution in [-0.2, 0) is 17.0 Å². The summed E-state index contributed by atoms with van der Waals surface area (Å²) in [6, 6.07) is 14.8. The van der Waals surface area contributed by atoms with Crippen molar-refractivity contribution in [3.8, 4) is 5.69 Å². The molecule has 158 valence electrons. The molecule has 1 aliphatic rings. The van der Waals surface area contributed by atoms with Gasteiger partial charge in [-0.1, -0.05) is 41.6 Å². The van der Waals surface area contributed by atoms with Crippen molar-refractivity contribution in [1.29, 1.82) is 0 Å². The molecule has 4 aromatic rings. The number of tetrazole rings is 1. The topological polar surface area (TPSA) is 87.7 Å². The lowest BCUT2D eigenvalue weighted by Gasteiger charge is -2.16. The summed E-state index contributed by atoms with van der Waals surface area (Å²) in [6.07, 6.45) is 1.95. The summed E-state index contributed by atoms with van der Waals surface area (Å²) in [7, 11) is 0. The average Bonchev–Trinajstić information content (AvgIpc) is 3.47. The summed E-state index contributed by atoms with van der Waals surface area (Å²) in [6.45, 7) is 1.20. The third-order valence-corrected chi connectivity index (χ3v) is 6.37. The molecule has 1 fully saturated rings. The SMILES string of the molecule is O=c1c2ccc(Cl)cc2nc(SCc2nnnn2-c2ccccc2)n1C[C@H]1CCCO1. The van der Waals surface area contributed by atoms with Crippen molar-refractivity contribution in [3.63, 3.8) is 0 Å². The van der Waals surface area contributed by atoms with Gasteiger partial charge in [-0.2, -0.15) is 4.68 Å². The first-order valence-electron chi connectivity index (χ1n) is 9.96. The second kappa shape index (κ2) is 8.78. The van der Waals surface area contributed by atoms with E-state index in [-0.39, 0.29) is 11.7 Å². The summed E-state index contributed by atoms with van der Waals surface area (Å²) in [5.74, 6) is 1.12. The summed E-state index contributed by atoms with van der Waals surface area (Å²) in [5, 5.41) is 13.8. The van der Waals surface area contributed by atoms with Crippen LogP contribution in [0.15, 0.2) is 58.5 Å². The lowest BCUT2D eigenvalue weighted by molar-refractivity contribution is 0.0937. The number of rotatable bonds is 6. The van der Waals surface area contributed by atoms with Crippen LogP contribution in [0.2, 0.25) is 5.02 Å². The van der Waals surface area contributed by atoms with Crippen molar-refractivity contribution in [3.05, 3.63) is 69.7 Å². The standard InChI is InChI=1S/C21H19ClN6O2S/c22-14-8-9-17-18(11-14)23-21(27(20(17)29)12-16-7-4-10-30-16)31-13-19-24-25-26-28(19)15-5-2-1-3-6-15/h1-3,5-6,8-9,11,16H,4,7,10,12-13H2/t16-/m1/s1. The van der Waals surface area contributed by atoms with Gasteiger partial charge in [-0.15, -0.1) is 5.10 Å².